The van der Waals surface area contributed by atoms with Crippen LogP contribution in [0, 0.1) is 17.5 Å². The first-order chi connectivity index (χ1) is 21.3. The lowest BCUT2D eigenvalue weighted by Crippen LogP contribution is -2.45. The Labute approximate surface area is 258 Å². The Kier molecular flexibility index (Phi) is 11.3. The van der Waals surface area contributed by atoms with E-state index in [1.165, 1.54) is 16.2 Å². The van der Waals surface area contributed by atoms with Crippen LogP contribution in [-0.4, -0.2) is 39.2 Å². The van der Waals surface area contributed by atoms with E-state index in [1.807, 2.05) is 0 Å². The SMILES string of the molecule is Fc1ccc(NCCCCCCCCCCc2cn(S)nc2-c2[nH]c3cccc(F)c3c2F)c(OC(F)(F)C(F)C(F)(F)F)c1. The zero-order valence-corrected chi connectivity index (χ0v) is 24.7. The second kappa shape index (κ2) is 14.7. The predicted octanol–water partition coefficient (Wildman–Crippen LogP) is 9.79. The van der Waals surface area contributed by atoms with Crippen molar-refractivity contribution in [2.75, 3.05) is 11.9 Å². The molecule has 0 bridgehead atoms. The second-order valence-corrected chi connectivity index (χ2v) is 11.0. The molecule has 246 valence electrons. The molecule has 1 unspecified atom stereocenters. The van der Waals surface area contributed by atoms with Crippen molar-refractivity contribution in [3.8, 4) is 17.1 Å². The van der Waals surface area contributed by atoms with E-state index in [9.17, 15) is 35.1 Å². The number of nitrogens with zero attached hydrogens (tertiary/aromatic N) is 2. The van der Waals surface area contributed by atoms with Crippen LogP contribution in [0.4, 0.5) is 45.2 Å². The van der Waals surface area contributed by atoms with Gasteiger partial charge in [-0.3, -0.25) is 0 Å². The van der Waals surface area contributed by atoms with Gasteiger partial charge in [0, 0.05) is 24.4 Å². The van der Waals surface area contributed by atoms with E-state index < -0.39 is 41.7 Å². The Morgan fingerprint density at radius 2 is 1.58 bits per heavy atom. The number of nitrogens with one attached hydrogen (secondary N) is 2. The van der Waals surface area contributed by atoms with Crippen molar-refractivity contribution in [2.24, 2.45) is 0 Å². The quantitative estimate of drug-likeness (QED) is 0.0634. The molecule has 1 atom stereocenters. The van der Waals surface area contributed by atoms with E-state index in [2.05, 4.69) is 33.0 Å². The molecule has 4 rings (SSSR count). The highest BCUT2D eigenvalue weighted by molar-refractivity contribution is 7.78. The number of unbranched alkanes of at least 4 members (excludes halogenated alkanes) is 7. The molecular formula is C30H31F9N4OS. The van der Waals surface area contributed by atoms with Gasteiger partial charge in [-0.25, -0.2) is 21.6 Å². The molecule has 2 aromatic carbocycles. The number of anilines is 1. The van der Waals surface area contributed by atoms with Gasteiger partial charge >= 0.3 is 12.3 Å². The third kappa shape index (κ3) is 8.82. The first kappa shape index (κ1) is 34.4. The zero-order chi connectivity index (χ0) is 32.8. The molecule has 15 heteroatoms. The van der Waals surface area contributed by atoms with E-state index in [1.54, 1.807) is 12.3 Å². The molecule has 0 saturated heterocycles. The third-order valence-corrected chi connectivity index (χ3v) is 7.39. The van der Waals surface area contributed by atoms with Gasteiger partial charge in [-0.1, -0.05) is 44.6 Å². The molecule has 2 N–H and O–H groups in total. The number of H-pyrrole nitrogens is 1. The maximum atomic E-state index is 15.0. The van der Waals surface area contributed by atoms with Crippen LogP contribution >= 0.6 is 12.8 Å². The summed E-state index contributed by atoms with van der Waals surface area (Å²) < 4.78 is 126. The largest absolute Gasteiger partial charge is 0.439 e. The second-order valence-electron chi connectivity index (χ2n) is 10.6. The third-order valence-electron chi connectivity index (χ3n) is 7.19. The van der Waals surface area contributed by atoms with E-state index >= 15 is 4.39 Å². The first-order valence-electron chi connectivity index (χ1n) is 14.3. The van der Waals surface area contributed by atoms with Gasteiger partial charge in [0.2, 0.25) is 0 Å². The molecule has 4 aromatic rings. The lowest BCUT2D eigenvalue weighted by atomic mass is 10.0. The van der Waals surface area contributed by atoms with Gasteiger partial charge in [-0.15, -0.1) is 0 Å². The van der Waals surface area contributed by atoms with E-state index in [0.717, 1.165) is 62.6 Å². The monoisotopic (exact) mass is 666 g/mol. The lowest BCUT2D eigenvalue weighted by molar-refractivity contribution is -0.304. The Hall–Kier alpha value is -3.49. The summed E-state index contributed by atoms with van der Waals surface area (Å²) in [4.78, 5) is 2.91. The molecular weight excluding hydrogens is 635 g/mol. The summed E-state index contributed by atoms with van der Waals surface area (Å²) in [5.41, 5.74) is 1.44. The van der Waals surface area contributed by atoms with E-state index in [-0.39, 0.29) is 23.3 Å². The molecule has 0 saturated carbocycles. The molecule has 45 heavy (non-hydrogen) atoms. The molecule has 5 nitrogen and oxygen atoms in total. The predicted molar refractivity (Wildman–Crippen MR) is 156 cm³/mol. The Balaban J connectivity index is 1.15. The minimum Gasteiger partial charge on any atom is -0.428 e. The molecule has 0 radical (unpaired) electrons. The molecule has 0 aliphatic rings. The Morgan fingerprint density at radius 3 is 2.24 bits per heavy atom. The maximum Gasteiger partial charge on any atom is 0.439 e. The van der Waals surface area contributed by atoms with Crippen molar-refractivity contribution in [1.82, 2.24) is 14.2 Å². The number of halogens is 9. The summed E-state index contributed by atoms with van der Waals surface area (Å²) in [5.74, 6) is -3.32. The molecule has 0 fully saturated rings. The summed E-state index contributed by atoms with van der Waals surface area (Å²) in [6, 6.07) is 6.69. The van der Waals surface area contributed by atoms with Crippen molar-refractivity contribution < 1.29 is 44.3 Å². The lowest BCUT2D eigenvalue weighted by Gasteiger charge is -2.24. The highest BCUT2D eigenvalue weighted by Crippen LogP contribution is 2.39. The fraction of sp³-hybridized carbons (Fsp3) is 0.433. The highest BCUT2D eigenvalue weighted by atomic mass is 32.1. The number of ether oxygens (including phenoxy) is 1. The number of alkyl halides is 6. The van der Waals surface area contributed by atoms with Gasteiger partial charge in [0.1, 0.15) is 23.0 Å². The molecule has 0 spiro atoms. The van der Waals surface area contributed by atoms with Gasteiger partial charge in [0.25, 0.3) is 6.17 Å². The summed E-state index contributed by atoms with van der Waals surface area (Å²) in [6.45, 7) is 0.247. The Morgan fingerprint density at radius 1 is 0.911 bits per heavy atom. The summed E-state index contributed by atoms with van der Waals surface area (Å²) >= 11 is 4.22. The molecule has 0 amide bonds. The average molecular weight is 667 g/mol. The van der Waals surface area contributed by atoms with E-state index in [4.69, 9.17) is 0 Å². The number of aryl methyl sites for hydroxylation is 1. The minimum absolute atomic E-state index is 0.113. The van der Waals surface area contributed by atoms with Crippen LogP contribution < -0.4 is 10.1 Å². The number of thiol groups is 1. The van der Waals surface area contributed by atoms with Crippen LogP contribution in [-0.2, 0) is 6.42 Å². The minimum atomic E-state index is -5.85. The van der Waals surface area contributed by atoms with Gasteiger partial charge in [-0.2, -0.15) is 27.1 Å². The number of aromatic amines is 1. The smallest absolute Gasteiger partial charge is 0.428 e. The van der Waals surface area contributed by atoms with Crippen LogP contribution in [0.25, 0.3) is 22.3 Å². The number of hydrogen-bond donors (Lipinski definition) is 3. The molecule has 0 aliphatic carbocycles. The maximum absolute atomic E-state index is 15.0. The van der Waals surface area contributed by atoms with Gasteiger partial charge < -0.3 is 15.0 Å². The number of fused-ring (bicyclic) bond motifs is 1. The van der Waals surface area contributed by atoms with Crippen LogP contribution in [0.5, 0.6) is 5.75 Å². The summed E-state index contributed by atoms with van der Waals surface area (Å²) in [6.07, 6.45) is -6.56. The topological polar surface area (TPSA) is 54.9 Å². The Bertz CT molecular complexity index is 1570. The van der Waals surface area contributed by atoms with Crippen LogP contribution in [0.15, 0.2) is 42.6 Å². The number of aromatic nitrogens is 3. The normalized spacial score (nSPS) is 13.0. The standard InChI is InChI=1S/C30H31F9N4OS/c31-19-13-14-21(23(16-19)44-30(38,39)28(34)29(35,36)37)40-15-8-6-4-2-1-3-5-7-10-18-17-43(45)42-26(18)27-25(33)24-20(32)11-9-12-22(24)41-27/h9,11-14,16-17,28,40-41,45H,1-8,10,15H2. The van der Waals surface area contributed by atoms with Crippen molar-refractivity contribution in [2.45, 2.75) is 76.2 Å². The number of rotatable bonds is 16. The van der Waals surface area contributed by atoms with E-state index in [0.29, 0.717) is 30.1 Å². The van der Waals surface area contributed by atoms with Crippen molar-refractivity contribution in [1.29, 1.82) is 0 Å². The van der Waals surface area contributed by atoms with Crippen LogP contribution in [0.3, 0.4) is 0 Å². The molecule has 2 aromatic heterocycles. The van der Waals surface area contributed by atoms with Gasteiger partial charge in [0.05, 0.1) is 16.6 Å². The van der Waals surface area contributed by atoms with Gasteiger partial charge in [-0.05, 0) is 56.3 Å². The summed E-state index contributed by atoms with van der Waals surface area (Å²) in [7, 11) is 0. The molecule has 2 heterocycles. The van der Waals surface area contributed by atoms with Crippen molar-refractivity contribution >= 4 is 29.4 Å². The van der Waals surface area contributed by atoms with Crippen molar-refractivity contribution in [3.05, 3.63) is 65.6 Å². The van der Waals surface area contributed by atoms with Crippen LogP contribution in [0.1, 0.15) is 56.9 Å². The number of benzene rings is 2. The summed E-state index contributed by atoms with van der Waals surface area (Å²) in [5, 5.41) is 6.87. The van der Waals surface area contributed by atoms with Crippen molar-refractivity contribution in [3.63, 3.8) is 0 Å². The molecule has 0 aliphatic heterocycles. The zero-order valence-electron chi connectivity index (χ0n) is 23.8. The first-order valence-corrected chi connectivity index (χ1v) is 14.7. The average Bonchev–Trinajstić information content (AvgIpc) is 3.50. The highest BCUT2D eigenvalue weighted by Gasteiger charge is 2.59. The fourth-order valence-electron chi connectivity index (χ4n) is 4.96. The number of hydrogen-bond acceptors (Lipinski definition) is 4. The van der Waals surface area contributed by atoms with Crippen LogP contribution in [0.2, 0.25) is 0 Å². The van der Waals surface area contributed by atoms with Gasteiger partial charge in [0.15, 0.2) is 11.6 Å². The fourth-order valence-corrected chi connectivity index (χ4v) is 5.19.